The summed E-state index contributed by atoms with van der Waals surface area (Å²) < 4.78 is 5.15. The highest BCUT2D eigenvalue weighted by Crippen LogP contribution is 2.26. The molecule has 1 aromatic carbocycles. The van der Waals surface area contributed by atoms with E-state index in [1.807, 2.05) is 6.92 Å². The molecule has 7 nitrogen and oxygen atoms in total. The summed E-state index contributed by atoms with van der Waals surface area (Å²) in [5.41, 5.74) is 1.93. The number of piperazine rings is 1. The van der Waals surface area contributed by atoms with Gasteiger partial charge >= 0.3 is 0 Å². The van der Waals surface area contributed by atoms with Gasteiger partial charge in [-0.05, 0) is 30.7 Å². The first-order valence-electron chi connectivity index (χ1n) is 7.39. The van der Waals surface area contributed by atoms with E-state index < -0.39 is 4.92 Å². The summed E-state index contributed by atoms with van der Waals surface area (Å²) >= 11 is 0. The molecule has 3 rings (SSSR count). The molecule has 0 saturated carbocycles. The molecule has 0 unspecified atom stereocenters. The fourth-order valence-corrected chi connectivity index (χ4v) is 2.81. The van der Waals surface area contributed by atoms with E-state index in [0.29, 0.717) is 31.9 Å². The maximum absolute atomic E-state index is 12.2. The van der Waals surface area contributed by atoms with Gasteiger partial charge < -0.3 is 14.2 Å². The lowest BCUT2D eigenvalue weighted by Crippen LogP contribution is -2.48. The number of nitro benzene ring substituents is 1. The van der Waals surface area contributed by atoms with E-state index in [-0.39, 0.29) is 11.6 Å². The van der Waals surface area contributed by atoms with Crippen LogP contribution in [-0.4, -0.2) is 41.9 Å². The van der Waals surface area contributed by atoms with Gasteiger partial charge in [0.15, 0.2) is 5.76 Å². The van der Waals surface area contributed by atoms with Crippen molar-refractivity contribution < 1.29 is 14.1 Å². The van der Waals surface area contributed by atoms with Crippen LogP contribution in [0.3, 0.4) is 0 Å². The van der Waals surface area contributed by atoms with Gasteiger partial charge in [-0.2, -0.15) is 0 Å². The Labute approximate surface area is 133 Å². The average molecular weight is 315 g/mol. The molecule has 0 aliphatic carbocycles. The molecule has 120 valence electrons. The highest BCUT2D eigenvalue weighted by Gasteiger charge is 2.24. The van der Waals surface area contributed by atoms with Gasteiger partial charge in [-0.3, -0.25) is 14.9 Å². The molecular formula is C16H17N3O4. The topological polar surface area (TPSA) is 79.8 Å². The van der Waals surface area contributed by atoms with Crippen LogP contribution < -0.4 is 4.90 Å². The second kappa shape index (κ2) is 6.12. The molecule has 2 aromatic rings. The van der Waals surface area contributed by atoms with Crippen molar-refractivity contribution in [1.29, 1.82) is 0 Å². The predicted molar refractivity (Wildman–Crippen MR) is 84.7 cm³/mol. The zero-order chi connectivity index (χ0) is 16.4. The van der Waals surface area contributed by atoms with E-state index in [4.69, 9.17) is 4.42 Å². The number of hydrogen-bond donors (Lipinski definition) is 0. The Morgan fingerprint density at radius 2 is 1.96 bits per heavy atom. The summed E-state index contributed by atoms with van der Waals surface area (Å²) in [6.45, 7) is 4.42. The normalized spacial score (nSPS) is 14.8. The Morgan fingerprint density at radius 3 is 2.52 bits per heavy atom. The van der Waals surface area contributed by atoms with Crippen LogP contribution >= 0.6 is 0 Å². The summed E-state index contributed by atoms with van der Waals surface area (Å²) in [4.78, 5) is 26.6. The predicted octanol–water partition coefficient (Wildman–Crippen LogP) is 2.46. The summed E-state index contributed by atoms with van der Waals surface area (Å²) in [6, 6.07) is 8.23. The maximum Gasteiger partial charge on any atom is 0.289 e. The number of rotatable bonds is 3. The first-order chi connectivity index (χ1) is 11.1. The molecular weight excluding hydrogens is 298 g/mol. The van der Waals surface area contributed by atoms with Crippen molar-refractivity contribution in [2.24, 2.45) is 0 Å². The molecule has 0 bridgehead atoms. The highest BCUT2D eigenvalue weighted by molar-refractivity contribution is 5.91. The molecule has 0 atom stereocenters. The fourth-order valence-electron chi connectivity index (χ4n) is 2.81. The number of nitro groups is 1. The highest BCUT2D eigenvalue weighted by atomic mass is 16.6. The number of furan rings is 1. The standard InChI is InChI=1S/C16H17N3O4/c1-12-11-13(19(21)22)4-5-14(12)17-6-8-18(9-7-17)16(20)15-3-2-10-23-15/h2-5,10-11H,6-9H2,1H3. The summed E-state index contributed by atoms with van der Waals surface area (Å²) in [7, 11) is 0. The summed E-state index contributed by atoms with van der Waals surface area (Å²) in [5, 5.41) is 10.8. The number of amides is 1. The zero-order valence-electron chi connectivity index (χ0n) is 12.8. The molecule has 2 heterocycles. The third kappa shape index (κ3) is 3.03. The summed E-state index contributed by atoms with van der Waals surface area (Å²) in [5.74, 6) is 0.250. The molecule has 7 heteroatoms. The number of anilines is 1. The van der Waals surface area contributed by atoms with Gasteiger partial charge in [-0.15, -0.1) is 0 Å². The SMILES string of the molecule is Cc1cc([N+](=O)[O-])ccc1N1CCN(C(=O)c2ccco2)CC1. The van der Waals surface area contributed by atoms with E-state index in [2.05, 4.69) is 4.90 Å². The van der Waals surface area contributed by atoms with Crippen LogP contribution in [0.25, 0.3) is 0 Å². The third-order valence-electron chi connectivity index (χ3n) is 4.03. The number of carbonyl (C=O) groups excluding carboxylic acids is 1. The van der Waals surface area contributed by atoms with E-state index in [1.54, 1.807) is 29.2 Å². The lowest BCUT2D eigenvalue weighted by Gasteiger charge is -2.36. The van der Waals surface area contributed by atoms with Crippen LogP contribution in [0.15, 0.2) is 41.0 Å². The van der Waals surface area contributed by atoms with Gasteiger partial charge in [0.25, 0.3) is 11.6 Å². The Balaban J connectivity index is 1.67. The smallest absolute Gasteiger partial charge is 0.289 e. The van der Waals surface area contributed by atoms with Gasteiger partial charge in [-0.1, -0.05) is 0 Å². The Kier molecular flexibility index (Phi) is 4.01. The average Bonchev–Trinajstić information content (AvgIpc) is 3.08. The first-order valence-corrected chi connectivity index (χ1v) is 7.39. The van der Waals surface area contributed by atoms with Gasteiger partial charge in [0, 0.05) is 44.0 Å². The lowest BCUT2D eigenvalue weighted by atomic mass is 10.1. The number of carbonyl (C=O) groups is 1. The van der Waals surface area contributed by atoms with E-state index in [9.17, 15) is 14.9 Å². The van der Waals surface area contributed by atoms with Crippen molar-refractivity contribution in [3.63, 3.8) is 0 Å². The van der Waals surface area contributed by atoms with Crippen molar-refractivity contribution in [2.75, 3.05) is 31.1 Å². The maximum atomic E-state index is 12.2. The Hall–Kier alpha value is -2.83. The molecule has 1 aliphatic rings. The minimum atomic E-state index is -0.392. The molecule has 1 saturated heterocycles. The summed E-state index contributed by atoms with van der Waals surface area (Å²) in [6.07, 6.45) is 1.49. The number of benzene rings is 1. The Bertz CT molecular complexity index is 719. The van der Waals surface area contributed by atoms with Crippen LogP contribution in [0.5, 0.6) is 0 Å². The first kappa shape index (κ1) is 15.1. The monoisotopic (exact) mass is 315 g/mol. The molecule has 0 spiro atoms. The zero-order valence-corrected chi connectivity index (χ0v) is 12.8. The minimum Gasteiger partial charge on any atom is -0.459 e. The number of aryl methyl sites for hydroxylation is 1. The van der Waals surface area contributed by atoms with Crippen molar-refractivity contribution >= 4 is 17.3 Å². The lowest BCUT2D eigenvalue weighted by molar-refractivity contribution is -0.384. The van der Waals surface area contributed by atoms with Gasteiger partial charge in [0.2, 0.25) is 0 Å². The minimum absolute atomic E-state index is 0.0953. The quantitative estimate of drug-likeness (QED) is 0.642. The number of hydrogen-bond acceptors (Lipinski definition) is 5. The number of nitrogens with zero attached hydrogens (tertiary/aromatic N) is 3. The molecule has 0 N–H and O–H groups in total. The van der Waals surface area contributed by atoms with Gasteiger partial charge in [-0.25, -0.2) is 0 Å². The largest absolute Gasteiger partial charge is 0.459 e. The van der Waals surface area contributed by atoms with Crippen LogP contribution in [0, 0.1) is 17.0 Å². The van der Waals surface area contributed by atoms with Gasteiger partial charge in [0.1, 0.15) is 0 Å². The van der Waals surface area contributed by atoms with E-state index in [0.717, 1.165) is 11.3 Å². The Morgan fingerprint density at radius 1 is 1.22 bits per heavy atom. The second-order valence-corrected chi connectivity index (χ2v) is 5.48. The molecule has 0 radical (unpaired) electrons. The van der Waals surface area contributed by atoms with E-state index >= 15 is 0 Å². The van der Waals surface area contributed by atoms with Crippen LogP contribution in [0.4, 0.5) is 11.4 Å². The third-order valence-corrected chi connectivity index (χ3v) is 4.03. The van der Waals surface area contributed by atoms with Crippen molar-refractivity contribution in [3.8, 4) is 0 Å². The molecule has 1 fully saturated rings. The second-order valence-electron chi connectivity index (χ2n) is 5.48. The van der Waals surface area contributed by atoms with Crippen LogP contribution in [0.2, 0.25) is 0 Å². The van der Waals surface area contributed by atoms with Gasteiger partial charge in [0.05, 0.1) is 11.2 Å². The van der Waals surface area contributed by atoms with Crippen LogP contribution in [-0.2, 0) is 0 Å². The molecule has 23 heavy (non-hydrogen) atoms. The fraction of sp³-hybridized carbons (Fsp3) is 0.312. The number of non-ortho nitro benzene ring substituents is 1. The van der Waals surface area contributed by atoms with Crippen molar-refractivity contribution in [3.05, 3.63) is 58.0 Å². The molecule has 1 aromatic heterocycles. The van der Waals surface area contributed by atoms with E-state index in [1.165, 1.54) is 12.3 Å². The van der Waals surface area contributed by atoms with Crippen molar-refractivity contribution in [2.45, 2.75) is 6.92 Å². The van der Waals surface area contributed by atoms with Crippen molar-refractivity contribution in [1.82, 2.24) is 4.90 Å². The molecule has 1 aliphatic heterocycles. The molecule has 1 amide bonds. The van der Waals surface area contributed by atoms with Crippen LogP contribution in [0.1, 0.15) is 16.1 Å².